The van der Waals surface area contributed by atoms with Gasteiger partial charge in [-0.3, -0.25) is 24.9 Å². The van der Waals surface area contributed by atoms with Gasteiger partial charge in [-0.1, -0.05) is 87.5 Å². The molecule has 1 aromatic heterocycles. The van der Waals surface area contributed by atoms with E-state index in [1.165, 1.54) is 33.1 Å². The highest BCUT2D eigenvalue weighted by Crippen LogP contribution is 2.36. The minimum Gasteiger partial charge on any atom is -0.479 e. The summed E-state index contributed by atoms with van der Waals surface area (Å²) < 4.78 is 13.5. The number of pyridine rings is 1. The van der Waals surface area contributed by atoms with E-state index in [2.05, 4.69) is 45.0 Å². The van der Waals surface area contributed by atoms with Crippen LogP contribution in [0.2, 0.25) is 5.04 Å². The van der Waals surface area contributed by atoms with Crippen LogP contribution < -0.4 is 15.9 Å². The van der Waals surface area contributed by atoms with E-state index in [4.69, 9.17) is 14.6 Å². The summed E-state index contributed by atoms with van der Waals surface area (Å²) in [4.78, 5) is 24.4. The van der Waals surface area contributed by atoms with Gasteiger partial charge in [0.25, 0.3) is 19.6 Å². The molecule has 9 heteroatoms. The average molecular weight is 556 g/mol. The van der Waals surface area contributed by atoms with Crippen LogP contribution in [0.3, 0.4) is 0 Å². The Labute approximate surface area is 234 Å². The van der Waals surface area contributed by atoms with Gasteiger partial charge in [0.05, 0.1) is 10.6 Å². The molecule has 8 nitrogen and oxygen atoms in total. The molecule has 0 aliphatic rings. The van der Waals surface area contributed by atoms with Crippen molar-refractivity contribution in [2.75, 3.05) is 6.61 Å². The van der Waals surface area contributed by atoms with E-state index in [0.717, 1.165) is 6.40 Å². The Morgan fingerprint density at radius 3 is 2.10 bits per heavy atom. The third kappa shape index (κ3) is 5.80. The van der Waals surface area contributed by atoms with Crippen LogP contribution in [-0.2, 0) is 22.2 Å². The first-order valence-electron chi connectivity index (χ1n) is 13.0. The molecular weight excluding hydrogens is 522 g/mol. The molecule has 0 saturated heterocycles. The number of non-ortho nitro benzene ring substituents is 1. The molecule has 4 aromatic rings. The summed E-state index contributed by atoms with van der Waals surface area (Å²) in [5.74, 6) is 0. The fraction of sp³-hybridized carbons (Fsp3) is 0.226. The highest BCUT2D eigenvalue weighted by atomic mass is 28.4. The van der Waals surface area contributed by atoms with E-state index >= 15 is 0 Å². The van der Waals surface area contributed by atoms with Crippen LogP contribution in [0, 0.1) is 15.5 Å². The van der Waals surface area contributed by atoms with Gasteiger partial charge in [-0.25, -0.2) is 0 Å². The van der Waals surface area contributed by atoms with Crippen molar-refractivity contribution in [2.24, 2.45) is 0 Å². The summed E-state index contributed by atoms with van der Waals surface area (Å²) in [6, 6.07) is 28.5. The molecule has 40 heavy (non-hydrogen) atoms. The Bertz CT molecular complexity index is 1490. The van der Waals surface area contributed by atoms with Gasteiger partial charge in [-0.2, -0.15) is 0 Å². The quantitative estimate of drug-likeness (QED) is 0.0923. The van der Waals surface area contributed by atoms with Crippen molar-refractivity contribution >= 4 is 30.8 Å². The number of hydrogen-bond donors (Lipinski definition) is 1. The monoisotopic (exact) mass is 555 g/mol. The van der Waals surface area contributed by atoms with Crippen LogP contribution in [0.5, 0.6) is 0 Å². The van der Waals surface area contributed by atoms with Gasteiger partial charge in [0.15, 0.2) is 6.40 Å². The number of nitro groups is 1. The molecule has 206 valence electrons. The van der Waals surface area contributed by atoms with E-state index < -0.39 is 13.2 Å². The van der Waals surface area contributed by atoms with Gasteiger partial charge in [0.1, 0.15) is 6.61 Å². The lowest BCUT2D eigenvalue weighted by molar-refractivity contribution is -0.384. The lowest BCUT2D eigenvalue weighted by atomic mass is 10.1. The van der Waals surface area contributed by atoms with Gasteiger partial charge in [-0.05, 0) is 34.0 Å². The van der Waals surface area contributed by atoms with E-state index in [0.29, 0.717) is 29.8 Å². The Morgan fingerprint density at radius 1 is 0.925 bits per heavy atom. The second-order valence-electron chi connectivity index (χ2n) is 10.5. The maximum absolute atomic E-state index is 13.6. The smallest absolute Gasteiger partial charge is 0.269 e. The molecule has 1 N–H and O–H groups in total. The van der Waals surface area contributed by atoms with Gasteiger partial charge < -0.3 is 9.16 Å². The number of aromatic nitrogens is 1. The van der Waals surface area contributed by atoms with Gasteiger partial charge in [0.2, 0.25) is 0 Å². The topological polar surface area (TPSA) is 107 Å². The van der Waals surface area contributed by atoms with Crippen molar-refractivity contribution in [2.45, 2.75) is 38.8 Å². The summed E-state index contributed by atoms with van der Waals surface area (Å²) in [6.45, 7) is 6.90. The minimum atomic E-state index is -2.75. The standard InChI is InChI=1S/C31H33N3O5Si/c1-31(2,3)40(27-12-6-4-7-13-27,28-14-8-5-9-15-28)39-20-18-24-11-10-19-33(30(24)35)29-17-16-26(34(36)37)21-25(29)22-38-23-32/h4-17,19,21,23,32H,18,20,22H2,1-3H3. The van der Waals surface area contributed by atoms with E-state index in [-0.39, 0.29) is 22.9 Å². The second-order valence-corrected chi connectivity index (χ2v) is 14.8. The molecule has 0 amide bonds. The van der Waals surface area contributed by atoms with Crippen LogP contribution in [0.25, 0.3) is 5.69 Å². The van der Waals surface area contributed by atoms with Crippen molar-refractivity contribution in [1.82, 2.24) is 4.57 Å². The van der Waals surface area contributed by atoms with E-state index in [1.54, 1.807) is 18.3 Å². The predicted molar refractivity (Wildman–Crippen MR) is 160 cm³/mol. The first kappa shape index (κ1) is 28.7. The Morgan fingerprint density at radius 2 is 1.55 bits per heavy atom. The molecule has 0 radical (unpaired) electrons. The highest BCUT2D eigenvalue weighted by Gasteiger charge is 2.50. The molecule has 4 rings (SSSR count). The van der Waals surface area contributed by atoms with Gasteiger partial charge in [-0.15, -0.1) is 0 Å². The summed E-state index contributed by atoms with van der Waals surface area (Å²) in [7, 11) is -2.75. The summed E-state index contributed by atoms with van der Waals surface area (Å²) in [6.07, 6.45) is 2.79. The number of nitro benzene ring substituents is 1. The number of nitrogens with zero attached hydrogens (tertiary/aromatic N) is 2. The maximum Gasteiger partial charge on any atom is 0.269 e. The van der Waals surface area contributed by atoms with Crippen LogP contribution in [0.4, 0.5) is 5.69 Å². The summed E-state index contributed by atoms with van der Waals surface area (Å²) in [5, 5.41) is 20.6. The fourth-order valence-electron chi connectivity index (χ4n) is 5.16. The largest absolute Gasteiger partial charge is 0.479 e. The minimum absolute atomic E-state index is 0.0753. The molecule has 0 saturated carbocycles. The zero-order valence-electron chi connectivity index (χ0n) is 22.9. The Balaban J connectivity index is 1.69. The highest BCUT2D eigenvalue weighted by molar-refractivity contribution is 6.99. The second kappa shape index (κ2) is 12.2. The molecule has 0 aliphatic carbocycles. The number of rotatable bonds is 11. The fourth-order valence-corrected chi connectivity index (χ4v) is 9.73. The Kier molecular flexibility index (Phi) is 8.76. The third-order valence-electron chi connectivity index (χ3n) is 6.99. The first-order valence-corrected chi connectivity index (χ1v) is 14.9. The summed E-state index contributed by atoms with van der Waals surface area (Å²) >= 11 is 0. The van der Waals surface area contributed by atoms with E-state index in [1.807, 2.05) is 36.4 Å². The molecule has 0 bridgehead atoms. The summed E-state index contributed by atoms with van der Waals surface area (Å²) in [5.41, 5.74) is 1.11. The van der Waals surface area contributed by atoms with E-state index in [9.17, 15) is 14.9 Å². The van der Waals surface area contributed by atoms with Crippen LogP contribution in [-0.4, -0.2) is 30.8 Å². The zero-order valence-corrected chi connectivity index (χ0v) is 23.9. The molecular formula is C31H33N3O5Si. The van der Waals surface area contributed by atoms with Crippen molar-refractivity contribution < 1.29 is 14.1 Å². The molecule has 0 spiro atoms. The van der Waals surface area contributed by atoms with Gasteiger partial charge >= 0.3 is 0 Å². The maximum atomic E-state index is 13.6. The average Bonchev–Trinajstić information content (AvgIpc) is 2.95. The van der Waals surface area contributed by atoms with Crippen molar-refractivity contribution in [3.63, 3.8) is 0 Å². The van der Waals surface area contributed by atoms with Crippen molar-refractivity contribution in [3.05, 3.63) is 129 Å². The molecule has 0 aliphatic heterocycles. The number of nitrogens with one attached hydrogen (secondary N) is 1. The third-order valence-corrected chi connectivity index (χ3v) is 12.0. The zero-order chi connectivity index (χ0) is 28.8. The number of ether oxygens (including phenoxy) is 1. The molecule has 1 heterocycles. The van der Waals surface area contributed by atoms with Crippen LogP contribution in [0.1, 0.15) is 31.9 Å². The molecule has 0 atom stereocenters. The first-order chi connectivity index (χ1) is 19.2. The lowest BCUT2D eigenvalue weighted by Gasteiger charge is -2.43. The number of benzene rings is 3. The molecule has 3 aromatic carbocycles. The lowest BCUT2D eigenvalue weighted by Crippen LogP contribution is -2.66. The Hall–Kier alpha value is -4.34. The van der Waals surface area contributed by atoms with Crippen LogP contribution >= 0.6 is 0 Å². The van der Waals surface area contributed by atoms with Gasteiger partial charge in [0, 0.05) is 36.1 Å². The predicted octanol–water partition coefficient (Wildman–Crippen LogP) is 4.99. The molecule has 0 unspecified atom stereocenters. The number of hydrogen-bond acceptors (Lipinski definition) is 6. The van der Waals surface area contributed by atoms with Crippen molar-refractivity contribution in [1.29, 1.82) is 5.41 Å². The normalized spacial score (nSPS) is 11.7. The molecule has 0 fully saturated rings. The van der Waals surface area contributed by atoms with Crippen LogP contribution in [0.15, 0.2) is 102 Å². The van der Waals surface area contributed by atoms with Crippen molar-refractivity contribution in [3.8, 4) is 5.69 Å². The SMILES string of the molecule is CC(C)(C)[Si](OCCc1cccn(-c2ccc([N+](=O)[O-])cc2COC=N)c1=O)(c1ccccc1)c1ccccc1.